The number of nitrogens with one attached hydrogen (secondary N) is 2. The summed E-state index contributed by atoms with van der Waals surface area (Å²) in [5, 5.41) is 6.38. The van der Waals surface area contributed by atoms with Crippen LogP contribution in [-0.2, 0) is 4.79 Å². The van der Waals surface area contributed by atoms with E-state index in [0.717, 1.165) is 43.6 Å². The quantitative estimate of drug-likeness (QED) is 0.751. The fourth-order valence-corrected chi connectivity index (χ4v) is 2.87. The number of halogens is 1. The van der Waals surface area contributed by atoms with E-state index in [-0.39, 0.29) is 23.7 Å². The Bertz CT molecular complexity index is 590. The van der Waals surface area contributed by atoms with E-state index < -0.39 is 0 Å². The van der Waals surface area contributed by atoms with Crippen LogP contribution in [0.2, 0.25) is 0 Å². The van der Waals surface area contributed by atoms with Crippen molar-refractivity contribution in [2.75, 3.05) is 20.1 Å². The first-order chi connectivity index (χ1) is 12.7. The second-order valence-corrected chi connectivity index (χ2v) is 5.98. The van der Waals surface area contributed by atoms with E-state index in [4.69, 9.17) is 0 Å². The highest BCUT2D eigenvalue weighted by molar-refractivity contribution is 6.02. The average molecular weight is 362 g/mol. The fraction of sp³-hybridized carbons (Fsp3) is 0.524. The van der Waals surface area contributed by atoms with E-state index >= 15 is 0 Å². The van der Waals surface area contributed by atoms with Gasteiger partial charge in [-0.3, -0.25) is 9.79 Å². The summed E-state index contributed by atoms with van der Waals surface area (Å²) >= 11 is 0. The van der Waals surface area contributed by atoms with Crippen molar-refractivity contribution in [1.29, 1.82) is 0 Å². The van der Waals surface area contributed by atoms with Gasteiger partial charge < -0.3 is 10.6 Å². The summed E-state index contributed by atoms with van der Waals surface area (Å²) in [6, 6.07) is 5.87. The lowest BCUT2D eigenvalue weighted by Crippen LogP contribution is -2.41. The van der Waals surface area contributed by atoms with Crippen molar-refractivity contribution in [2.45, 2.75) is 46.1 Å². The summed E-state index contributed by atoms with van der Waals surface area (Å²) in [6.45, 7) is 7.78. The summed E-state index contributed by atoms with van der Waals surface area (Å²) in [5.74, 6) is -0.236. The SMILES string of the molecule is CC.CC/C=C\C(=NC)C(NC(=O)C1CCNCC1)c1ccc(F)cc1. The zero-order valence-corrected chi connectivity index (χ0v) is 16.4. The van der Waals surface area contributed by atoms with E-state index in [1.54, 1.807) is 19.2 Å². The van der Waals surface area contributed by atoms with Crippen molar-refractivity contribution >= 4 is 11.6 Å². The minimum absolute atomic E-state index is 0.0162. The number of amides is 1. The molecule has 1 amide bonds. The third-order valence-electron chi connectivity index (χ3n) is 4.28. The third kappa shape index (κ3) is 6.71. The molecule has 1 unspecified atom stereocenters. The summed E-state index contributed by atoms with van der Waals surface area (Å²) in [5.41, 5.74) is 1.60. The standard InChI is InChI=1S/C19H26FN3O.C2H6/c1-3-4-5-17(21-2)18(14-6-8-16(20)9-7-14)23-19(24)15-10-12-22-13-11-15;1-2/h4-9,15,18,22H,3,10-13H2,1-2H3,(H,23,24);1-2H3/b5-4-,21-17?;. The summed E-state index contributed by atoms with van der Waals surface area (Å²) < 4.78 is 13.3. The maximum Gasteiger partial charge on any atom is 0.224 e. The Labute approximate surface area is 157 Å². The lowest BCUT2D eigenvalue weighted by atomic mass is 9.95. The van der Waals surface area contributed by atoms with Gasteiger partial charge in [0.25, 0.3) is 0 Å². The van der Waals surface area contributed by atoms with Crippen LogP contribution in [0, 0.1) is 11.7 Å². The van der Waals surface area contributed by atoms with Crippen LogP contribution in [0.1, 0.15) is 51.6 Å². The number of carbonyl (C=O) groups is 1. The molecule has 4 nitrogen and oxygen atoms in total. The number of hydrogen-bond donors (Lipinski definition) is 2. The van der Waals surface area contributed by atoms with Crippen molar-refractivity contribution in [3.05, 3.63) is 47.8 Å². The Morgan fingerprint density at radius 3 is 2.46 bits per heavy atom. The maximum atomic E-state index is 13.3. The van der Waals surface area contributed by atoms with Crippen LogP contribution < -0.4 is 10.6 Å². The fourth-order valence-electron chi connectivity index (χ4n) is 2.87. The number of carbonyl (C=O) groups excluding carboxylic acids is 1. The lowest BCUT2D eigenvalue weighted by molar-refractivity contribution is -0.126. The van der Waals surface area contributed by atoms with Crippen molar-refractivity contribution in [2.24, 2.45) is 10.9 Å². The molecule has 1 atom stereocenters. The van der Waals surface area contributed by atoms with Crippen LogP contribution in [-0.4, -0.2) is 31.8 Å². The van der Waals surface area contributed by atoms with Gasteiger partial charge in [0, 0.05) is 13.0 Å². The van der Waals surface area contributed by atoms with E-state index in [2.05, 4.69) is 15.6 Å². The van der Waals surface area contributed by atoms with Crippen LogP contribution in [0.3, 0.4) is 0 Å². The molecule has 144 valence electrons. The van der Waals surface area contributed by atoms with Gasteiger partial charge in [0.1, 0.15) is 5.82 Å². The first kappa shape index (κ1) is 22.0. The molecule has 1 aromatic carbocycles. The molecule has 2 N–H and O–H groups in total. The minimum atomic E-state index is -0.360. The van der Waals surface area contributed by atoms with E-state index in [0.29, 0.717) is 0 Å². The summed E-state index contributed by atoms with van der Waals surface area (Å²) in [7, 11) is 1.71. The molecule has 1 aliphatic heterocycles. The largest absolute Gasteiger partial charge is 0.343 e. The normalized spacial score (nSPS) is 16.7. The molecule has 1 aromatic rings. The average Bonchev–Trinajstić information content (AvgIpc) is 2.70. The summed E-state index contributed by atoms with van der Waals surface area (Å²) in [6.07, 6.45) is 6.50. The molecule has 2 rings (SSSR count). The molecule has 0 radical (unpaired) electrons. The van der Waals surface area contributed by atoms with Gasteiger partial charge >= 0.3 is 0 Å². The van der Waals surface area contributed by atoms with Gasteiger partial charge in [-0.1, -0.05) is 39.0 Å². The van der Waals surface area contributed by atoms with Crippen LogP contribution in [0.25, 0.3) is 0 Å². The molecule has 0 bridgehead atoms. The molecule has 0 saturated carbocycles. The van der Waals surface area contributed by atoms with Crippen molar-refractivity contribution in [3.8, 4) is 0 Å². The highest BCUT2D eigenvalue weighted by Crippen LogP contribution is 2.20. The number of aliphatic imine (C=N–C) groups is 1. The first-order valence-corrected chi connectivity index (χ1v) is 9.55. The second-order valence-electron chi connectivity index (χ2n) is 5.98. The van der Waals surface area contributed by atoms with Gasteiger partial charge in [-0.25, -0.2) is 4.39 Å². The molecule has 0 aliphatic carbocycles. The summed E-state index contributed by atoms with van der Waals surface area (Å²) in [4.78, 5) is 17.0. The van der Waals surface area contributed by atoms with Gasteiger partial charge in [0.15, 0.2) is 0 Å². The Morgan fingerprint density at radius 2 is 1.92 bits per heavy atom. The second kappa shape index (κ2) is 12.4. The van der Waals surface area contributed by atoms with Gasteiger partial charge in [-0.05, 0) is 56.1 Å². The molecular formula is C21H32FN3O. The van der Waals surface area contributed by atoms with Gasteiger partial charge in [-0.15, -0.1) is 0 Å². The Hall–Kier alpha value is -2.01. The molecule has 1 saturated heterocycles. The van der Waals surface area contributed by atoms with E-state index in [1.165, 1.54) is 12.1 Å². The van der Waals surface area contributed by atoms with Crippen molar-refractivity contribution in [3.63, 3.8) is 0 Å². The number of rotatable bonds is 6. The minimum Gasteiger partial charge on any atom is -0.343 e. The van der Waals surface area contributed by atoms with Gasteiger partial charge in [-0.2, -0.15) is 0 Å². The van der Waals surface area contributed by atoms with Gasteiger partial charge in [0.05, 0.1) is 11.8 Å². The van der Waals surface area contributed by atoms with Crippen molar-refractivity contribution in [1.82, 2.24) is 10.6 Å². The Balaban J connectivity index is 0.00000163. The molecule has 0 spiro atoms. The molecule has 5 heteroatoms. The predicted molar refractivity (Wildman–Crippen MR) is 107 cm³/mol. The van der Waals surface area contributed by atoms with Crippen LogP contribution in [0.15, 0.2) is 41.4 Å². The molecule has 0 aromatic heterocycles. The van der Waals surface area contributed by atoms with E-state index in [9.17, 15) is 9.18 Å². The number of allylic oxidation sites excluding steroid dienone is 1. The van der Waals surface area contributed by atoms with Crippen molar-refractivity contribution < 1.29 is 9.18 Å². The molecule has 1 fully saturated rings. The Morgan fingerprint density at radius 1 is 1.31 bits per heavy atom. The molecule has 1 heterocycles. The highest BCUT2D eigenvalue weighted by atomic mass is 19.1. The molecule has 26 heavy (non-hydrogen) atoms. The maximum absolute atomic E-state index is 13.3. The smallest absolute Gasteiger partial charge is 0.224 e. The zero-order valence-electron chi connectivity index (χ0n) is 16.4. The van der Waals surface area contributed by atoms with Crippen LogP contribution in [0.4, 0.5) is 4.39 Å². The monoisotopic (exact) mass is 361 g/mol. The number of hydrogen-bond acceptors (Lipinski definition) is 3. The lowest BCUT2D eigenvalue weighted by Gasteiger charge is -2.26. The number of nitrogens with zero attached hydrogens (tertiary/aromatic N) is 1. The Kier molecular flexibility index (Phi) is 10.5. The highest BCUT2D eigenvalue weighted by Gasteiger charge is 2.25. The van der Waals surface area contributed by atoms with Crippen LogP contribution in [0.5, 0.6) is 0 Å². The van der Waals surface area contributed by atoms with E-state index in [1.807, 2.05) is 32.9 Å². The molecular weight excluding hydrogens is 329 g/mol. The predicted octanol–water partition coefficient (Wildman–Crippen LogP) is 4.05. The first-order valence-electron chi connectivity index (χ1n) is 9.55. The third-order valence-corrected chi connectivity index (χ3v) is 4.28. The van der Waals surface area contributed by atoms with Gasteiger partial charge in [0.2, 0.25) is 5.91 Å². The number of benzene rings is 1. The zero-order chi connectivity index (χ0) is 19.4. The molecule has 1 aliphatic rings. The van der Waals surface area contributed by atoms with Crippen LogP contribution >= 0.6 is 0 Å². The number of piperidine rings is 1. The topological polar surface area (TPSA) is 53.5 Å².